The van der Waals surface area contributed by atoms with Crippen molar-refractivity contribution in [3.05, 3.63) is 46.4 Å². The van der Waals surface area contributed by atoms with Gasteiger partial charge in [0.2, 0.25) is 0 Å². The molecule has 0 aromatic heterocycles. The van der Waals surface area contributed by atoms with E-state index >= 15 is 0 Å². The number of benzene rings is 2. The number of anilines is 1. The van der Waals surface area contributed by atoms with Gasteiger partial charge in [-0.3, -0.25) is 0 Å². The minimum Gasteiger partial charge on any atom is -0.406 e. The van der Waals surface area contributed by atoms with E-state index in [1.165, 1.54) is 12.1 Å². The summed E-state index contributed by atoms with van der Waals surface area (Å²) in [6.45, 7) is 3.94. The zero-order valence-corrected chi connectivity index (χ0v) is 15.6. The summed E-state index contributed by atoms with van der Waals surface area (Å²) in [4.78, 5) is 1.84. The highest BCUT2D eigenvalue weighted by atomic mass is 79.9. The third-order valence-electron chi connectivity index (χ3n) is 3.53. The van der Waals surface area contributed by atoms with Crippen LogP contribution in [0.3, 0.4) is 0 Å². The van der Waals surface area contributed by atoms with Crippen molar-refractivity contribution in [2.75, 3.05) is 11.9 Å². The van der Waals surface area contributed by atoms with E-state index in [4.69, 9.17) is 0 Å². The number of rotatable bonds is 3. The molecule has 0 unspecified atom stereocenters. The second-order valence-corrected chi connectivity index (χ2v) is 6.29. The van der Waals surface area contributed by atoms with E-state index in [1.807, 2.05) is 37.9 Å². The van der Waals surface area contributed by atoms with Crippen molar-refractivity contribution in [3.8, 4) is 28.8 Å². The molecule has 0 N–H and O–H groups in total. The molecule has 132 valence electrons. The molecule has 6 heteroatoms. The maximum atomic E-state index is 12.3. The van der Waals surface area contributed by atoms with Crippen LogP contribution in [0.25, 0.3) is 11.1 Å². The van der Waals surface area contributed by atoms with Crippen molar-refractivity contribution >= 4 is 21.6 Å². The molecule has 0 bridgehead atoms. The second-order valence-electron chi connectivity index (χ2n) is 5.37. The van der Waals surface area contributed by atoms with Crippen LogP contribution in [0.5, 0.6) is 5.75 Å². The molecule has 0 aliphatic rings. The Morgan fingerprint density at radius 3 is 2.36 bits per heavy atom. The molecule has 2 nitrogen and oxygen atoms in total. The molecule has 2 aromatic rings. The van der Waals surface area contributed by atoms with Gasteiger partial charge in [-0.05, 0) is 47.9 Å². The third kappa shape index (κ3) is 5.17. The van der Waals surface area contributed by atoms with Crippen LogP contribution >= 0.6 is 15.9 Å². The van der Waals surface area contributed by atoms with E-state index in [9.17, 15) is 13.2 Å². The highest BCUT2D eigenvalue weighted by Crippen LogP contribution is 2.35. The Hall–Kier alpha value is -2.13. The Balaban J connectivity index is 2.41. The molecule has 0 aliphatic heterocycles. The minimum absolute atomic E-state index is 0.241. The Morgan fingerprint density at radius 1 is 1.16 bits per heavy atom. The molecule has 0 saturated heterocycles. The number of hydrogen-bond acceptors (Lipinski definition) is 2. The first-order chi connectivity index (χ1) is 11.7. The largest absolute Gasteiger partial charge is 0.573 e. The Kier molecular flexibility index (Phi) is 6.02. The zero-order valence-electron chi connectivity index (χ0n) is 14.0. The van der Waals surface area contributed by atoms with Gasteiger partial charge >= 0.3 is 6.36 Å². The summed E-state index contributed by atoms with van der Waals surface area (Å²) in [5.74, 6) is 2.78. The van der Waals surface area contributed by atoms with Crippen LogP contribution in [0.4, 0.5) is 18.9 Å². The van der Waals surface area contributed by atoms with E-state index in [1.54, 1.807) is 12.1 Å². The van der Waals surface area contributed by atoms with Crippen LogP contribution in [0.15, 0.2) is 40.9 Å². The number of halogens is 4. The topological polar surface area (TPSA) is 12.5 Å². The molecule has 2 rings (SSSR count). The molecule has 0 amide bonds. The quantitative estimate of drug-likeness (QED) is 0.444. The summed E-state index contributed by atoms with van der Waals surface area (Å²) in [5, 5.41) is 0. The van der Waals surface area contributed by atoms with E-state index in [-0.39, 0.29) is 5.75 Å². The average Bonchev–Trinajstić information content (AvgIpc) is 2.53. The van der Waals surface area contributed by atoms with E-state index < -0.39 is 6.36 Å². The van der Waals surface area contributed by atoms with Gasteiger partial charge in [0.15, 0.2) is 0 Å². The lowest BCUT2D eigenvalue weighted by atomic mass is 9.99. The molecule has 0 heterocycles. The number of ether oxygens (including phenoxy) is 1. The van der Waals surface area contributed by atoms with Crippen LogP contribution < -0.4 is 9.64 Å². The normalized spacial score (nSPS) is 10.8. The molecular weight excluding hydrogens is 395 g/mol. The molecule has 25 heavy (non-hydrogen) atoms. The van der Waals surface area contributed by atoms with Crippen LogP contribution in [-0.2, 0) is 0 Å². The van der Waals surface area contributed by atoms with Crippen LogP contribution in [0.1, 0.15) is 18.9 Å². The lowest BCUT2D eigenvalue weighted by molar-refractivity contribution is -0.274. The highest BCUT2D eigenvalue weighted by molar-refractivity contribution is 9.10. The summed E-state index contributed by atoms with van der Waals surface area (Å²) in [6.07, 6.45) is -3.94. The first-order valence-electron chi connectivity index (χ1n) is 7.60. The lowest BCUT2D eigenvalue weighted by Crippen LogP contribution is -2.16. The van der Waals surface area contributed by atoms with Crippen molar-refractivity contribution in [2.45, 2.75) is 26.6 Å². The van der Waals surface area contributed by atoms with Gasteiger partial charge in [-0.15, -0.1) is 13.2 Å². The Labute approximate surface area is 153 Å². The molecule has 0 saturated carbocycles. The van der Waals surface area contributed by atoms with Crippen molar-refractivity contribution in [2.24, 2.45) is 0 Å². The maximum absolute atomic E-state index is 12.3. The summed E-state index contributed by atoms with van der Waals surface area (Å²) in [7, 11) is 1.88. The minimum atomic E-state index is -4.69. The third-order valence-corrected chi connectivity index (χ3v) is 3.99. The van der Waals surface area contributed by atoms with Gasteiger partial charge in [0.05, 0.1) is 5.69 Å². The second kappa shape index (κ2) is 7.83. The van der Waals surface area contributed by atoms with Gasteiger partial charge in [-0.1, -0.05) is 40.9 Å². The van der Waals surface area contributed by atoms with Crippen LogP contribution in [0, 0.1) is 18.9 Å². The predicted molar refractivity (Wildman–Crippen MR) is 97.5 cm³/mol. The zero-order chi connectivity index (χ0) is 18.6. The van der Waals surface area contributed by atoms with Crippen molar-refractivity contribution < 1.29 is 17.9 Å². The molecule has 0 radical (unpaired) electrons. The van der Waals surface area contributed by atoms with Gasteiger partial charge in [-0.2, -0.15) is 0 Å². The number of hydrogen-bond donors (Lipinski definition) is 0. The van der Waals surface area contributed by atoms with Gasteiger partial charge in [0.25, 0.3) is 0 Å². The standard InChI is InChI=1S/C19H17BrF3NO/c1-4-5-10-24(3)18-12-15(20)11-17(13(18)2)14-6-8-16(9-7-14)25-19(21,22)23/h6-9,11-12H,4H2,1-3H3. The molecule has 2 aromatic carbocycles. The molecule has 0 spiro atoms. The molecular formula is C19H17BrF3NO. The lowest BCUT2D eigenvalue weighted by Gasteiger charge is -2.18. The smallest absolute Gasteiger partial charge is 0.406 e. The molecule has 0 aliphatic carbocycles. The summed E-state index contributed by atoms with van der Waals surface area (Å²) in [5.41, 5.74) is 3.63. The fourth-order valence-corrected chi connectivity index (χ4v) is 2.85. The van der Waals surface area contributed by atoms with Crippen molar-refractivity contribution in [1.29, 1.82) is 0 Å². The summed E-state index contributed by atoms with van der Waals surface area (Å²) in [6, 6.07) is 12.8. The fraction of sp³-hybridized carbons (Fsp3) is 0.263. The molecule has 0 atom stereocenters. The Morgan fingerprint density at radius 2 is 1.80 bits per heavy atom. The SMILES string of the molecule is CCC#CN(C)c1cc(Br)cc(-c2ccc(OC(F)(F)F)cc2)c1C. The predicted octanol–water partition coefficient (Wildman–Crippen LogP) is 6.13. The summed E-state index contributed by atoms with van der Waals surface area (Å²) >= 11 is 3.49. The maximum Gasteiger partial charge on any atom is 0.573 e. The Bertz CT molecular complexity index is 804. The fourth-order valence-electron chi connectivity index (χ4n) is 2.41. The average molecular weight is 412 g/mol. The van der Waals surface area contributed by atoms with Gasteiger partial charge in [0.1, 0.15) is 5.75 Å². The first kappa shape index (κ1) is 19.2. The number of alkyl halides is 3. The van der Waals surface area contributed by atoms with Gasteiger partial charge < -0.3 is 9.64 Å². The highest BCUT2D eigenvalue weighted by Gasteiger charge is 2.31. The van der Waals surface area contributed by atoms with Gasteiger partial charge in [0, 0.05) is 24.0 Å². The van der Waals surface area contributed by atoms with Crippen LogP contribution in [-0.4, -0.2) is 13.4 Å². The summed E-state index contributed by atoms with van der Waals surface area (Å²) < 4.78 is 41.6. The first-order valence-corrected chi connectivity index (χ1v) is 8.39. The van der Waals surface area contributed by atoms with Crippen molar-refractivity contribution in [3.63, 3.8) is 0 Å². The van der Waals surface area contributed by atoms with Crippen LogP contribution in [0.2, 0.25) is 0 Å². The number of nitrogens with zero attached hydrogens (tertiary/aromatic N) is 1. The monoisotopic (exact) mass is 411 g/mol. The van der Waals surface area contributed by atoms with E-state index in [2.05, 4.69) is 32.6 Å². The van der Waals surface area contributed by atoms with Crippen molar-refractivity contribution in [1.82, 2.24) is 0 Å². The van der Waals surface area contributed by atoms with E-state index in [0.717, 1.165) is 33.3 Å². The molecule has 0 fully saturated rings. The van der Waals surface area contributed by atoms with E-state index in [0.29, 0.717) is 0 Å². The van der Waals surface area contributed by atoms with Gasteiger partial charge in [-0.25, -0.2) is 0 Å².